The molecule has 2 N–H and O–H groups in total. The van der Waals surface area contributed by atoms with Crippen molar-refractivity contribution >= 4 is 5.69 Å². The molecule has 2 rings (SSSR count). The molecule has 0 atom stereocenters. The number of anilines is 1. The molecule has 0 saturated heterocycles. The minimum Gasteiger partial charge on any atom is -0.398 e. The molecule has 0 radical (unpaired) electrons. The van der Waals surface area contributed by atoms with E-state index in [0.717, 1.165) is 5.56 Å². The summed E-state index contributed by atoms with van der Waals surface area (Å²) in [5.74, 6) is 0.363. The van der Waals surface area contributed by atoms with Crippen LogP contribution < -0.4 is 5.73 Å². The van der Waals surface area contributed by atoms with E-state index < -0.39 is 0 Å². The van der Waals surface area contributed by atoms with E-state index in [-0.39, 0.29) is 5.82 Å². The van der Waals surface area contributed by atoms with Gasteiger partial charge in [0, 0.05) is 5.69 Å². The van der Waals surface area contributed by atoms with Crippen LogP contribution in [0.3, 0.4) is 0 Å². The lowest BCUT2D eigenvalue weighted by atomic mass is 10.1. The highest BCUT2D eigenvalue weighted by Crippen LogP contribution is 2.42. The summed E-state index contributed by atoms with van der Waals surface area (Å²) in [6.07, 6.45) is 2.41. The van der Waals surface area contributed by atoms with E-state index in [9.17, 15) is 4.39 Å². The lowest BCUT2D eigenvalue weighted by molar-refractivity contribution is 0.628. The summed E-state index contributed by atoms with van der Waals surface area (Å²) in [4.78, 5) is 0. The molecule has 1 fully saturated rings. The van der Waals surface area contributed by atoms with Crippen LogP contribution in [0.1, 0.15) is 24.3 Å². The van der Waals surface area contributed by atoms with Crippen molar-refractivity contribution in [2.24, 2.45) is 0 Å². The monoisotopic (exact) mass is 151 g/mol. The van der Waals surface area contributed by atoms with Crippen LogP contribution >= 0.6 is 0 Å². The zero-order chi connectivity index (χ0) is 7.84. The fraction of sp³-hybridized carbons (Fsp3) is 0.333. The zero-order valence-electron chi connectivity index (χ0n) is 6.18. The van der Waals surface area contributed by atoms with E-state index in [0.29, 0.717) is 11.6 Å². The summed E-state index contributed by atoms with van der Waals surface area (Å²) in [5, 5.41) is 0. The number of rotatable bonds is 1. The maximum absolute atomic E-state index is 12.6. The van der Waals surface area contributed by atoms with Gasteiger partial charge < -0.3 is 5.73 Å². The Bertz CT molecular complexity index is 279. The van der Waals surface area contributed by atoms with Gasteiger partial charge in [-0.2, -0.15) is 0 Å². The van der Waals surface area contributed by atoms with Crippen LogP contribution in [0.25, 0.3) is 0 Å². The van der Waals surface area contributed by atoms with Gasteiger partial charge >= 0.3 is 0 Å². The molecular formula is C9H10FN. The molecule has 1 aliphatic rings. The van der Waals surface area contributed by atoms with E-state index in [2.05, 4.69) is 0 Å². The second-order valence-corrected chi connectivity index (χ2v) is 3.05. The first-order valence-electron chi connectivity index (χ1n) is 3.82. The molecule has 11 heavy (non-hydrogen) atoms. The van der Waals surface area contributed by atoms with Crippen LogP contribution in [0.2, 0.25) is 0 Å². The number of nitrogens with two attached hydrogens (primary N) is 1. The molecule has 0 bridgehead atoms. The standard InChI is InChI=1S/C9H10FN/c10-7-3-4-8(6-1-2-6)9(11)5-7/h3-6H,1-2,11H2. The second-order valence-electron chi connectivity index (χ2n) is 3.05. The minimum atomic E-state index is -0.244. The smallest absolute Gasteiger partial charge is 0.125 e. The third kappa shape index (κ3) is 1.20. The maximum Gasteiger partial charge on any atom is 0.125 e. The van der Waals surface area contributed by atoms with Crippen molar-refractivity contribution in [1.82, 2.24) is 0 Å². The molecule has 0 heterocycles. The summed E-state index contributed by atoms with van der Waals surface area (Å²) in [6.45, 7) is 0. The van der Waals surface area contributed by atoms with E-state index in [1.807, 2.05) is 0 Å². The van der Waals surface area contributed by atoms with Gasteiger partial charge in [-0.15, -0.1) is 0 Å². The Morgan fingerprint density at radius 1 is 1.36 bits per heavy atom. The summed E-state index contributed by atoms with van der Waals surface area (Å²) in [6, 6.07) is 4.67. The Labute approximate surface area is 65.0 Å². The predicted octanol–water partition coefficient (Wildman–Crippen LogP) is 2.29. The Morgan fingerprint density at radius 2 is 2.09 bits per heavy atom. The van der Waals surface area contributed by atoms with E-state index in [4.69, 9.17) is 5.73 Å². The van der Waals surface area contributed by atoms with Gasteiger partial charge in [0.1, 0.15) is 5.82 Å². The van der Waals surface area contributed by atoms with Crippen molar-refractivity contribution in [2.45, 2.75) is 18.8 Å². The van der Waals surface area contributed by atoms with Crippen LogP contribution in [0.5, 0.6) is 0 Å². The molecule has 58 valence electrons. The van der Waals surface area contributed by atoms with Crippen LogP contribution in [-0.2, 0) is 0 Å². The fourth-order valence-corrected chi connectivity index (χ4v) is 1.31. The molecule has 1 aromatic carbocycles. The third-order valence-electron chi connectivity index (χ3n) is 2.07. The van der Waals surface area contributed by atoms with E-state index in [1.165, 1.54) is 25.0 Å². The number of hydrogen-bond donors (Lipinski definition) is 1. The fourth-order valence-electron chi connectivity index (χ4n) is 1.31. The van der Waals surface area contributed by atoms with Crippen molar-refractivity contribution in [3.05, 3.63) is 29.6 Å². The summed E-state index contributed by atoms with van der Waals surface area (Å²) in [7, 11) is 0. The molecule has 0 amide bonds. The van der Waals surface area contributed by atoms with Crippen molar-refractivity contribution in [1.29, 1.82) is 0 Å². The number of hydrogen-bond acceptors (Lipinski definition) is 1. The Hall–Kier alpha value is -1.05. The first kappa shape index (κ1) is 6.65. The highest BCUT2D eigenvalue weighted by molar-refractivity contribution is 5.50. The van der Waals surface area contributed by atoms with Crippen molar-refractivity contribution < 1.29 is 4.39 Å². The normalized spacial score (nSPS) is 16.8. The van der Waals surface area contributed by atoms with Crippen molar-refractivity contribution in [3.63, 3.8) is 0 Å². The summed E-state index contributed by atoms with van der Waals surface area (Å²) < 4.78 is 12.6. The first-order chi connectivity index (χ1) is 5.27. The average Bonchev–Trinajstić information content (AvgIpc) is 2.70. The van der Waals surface area contributed by atoms with Gasteiger partial charge in [-0.3, -0.25) is 0 Å². The Morgan fingerprint density at radius 3 is 2.64 bits per heavy atom. The second kappa shape index (κ2) is 2.22. The van der Waals surface area contributed by atoms with Gasteiger partial charge in [-0.1, -0.05) is 6.07 Å². The van der Waals surface area contributed by atoms with Gasteiger partial charge in [-0.05, 0) is 36.5 Å². The molecule has 0 unspecified atom stereocenters. The van der Waals surface area contributed by atoms with Crippen molar-refractivity contribution in [2.75, 3.05) is 5.73 Å². The molecule has 0 aromatic heterocycles. The predicted molar refractivity (Wildman–Crippen MR) is 42.8 cm³/mol. The van der Waals surface area contributed by atoms with Crippen molar-refractivity contribution in [3.8, 4) is 0 Å². The molecule has 0 spiro atoms. The van der Waals surface area contributed by atoms with Crippen LogP contribution in [0.4, 0.5) is 10.1 Å². The molecule has 1 aromatic rings. The van der Waals surface area contributed by atoms with Crippen LogP contribution in [-0.4, -0.2) is 0 Å². The van der Waals surface area contributed by atoms with Gasteiger partial charge in [0.25, 0.3) is 0 Å². The molecular weight excluding hydrogens is 141 g/mol. The zero-order valence-corrected chi connectivity index (χ0v) is 6.18. The summed E-state index contributed by atoms with van der Waals surface area (Å²) >= 11 is 0. The topological polar surface area (TPSA) is 26.0 Å². The lowest BCUT2D eigenvalue weighted by Crippen LogP contribution is -1.92. The largest absolute Gasteiger partial charge is 0.398 e. The molecule has 0 aliphatic heterocycles. The minimum absolute atomic E-state index is 0.244. The maximum atomic E-state index is 12.6. The number of nitrogen functional groups attached to an aromatic ring is 1. The molecule has 1 saturated carbocycles. The third-order valence-corrected chi connectivity index (χ3v) is 2.07. The number of benzene rings is 1. The lowest BCUT2D eigenvalue weighted by Gasteiger charge is -2.01. The Kier molecular flexibility index (Phi) is 1.34. The molecule has 1 nitrogen and oxygen atoms in total. The average molecular weight is 151 g/mol. The Balaban J connectivity index is 2.39. The highest BCUT2D eigenvalue weighted by atomic mass is 19.1. The number of halogens is 1. The van der Waals surface area contributed by atoms with Gasteiger partial charge in [0.15, 0.2) is 0 Å². The molecule has 2 heteroatoms. The van der Waals surface area contributed by atoms with E-state index >= 15 is 0 Å². The summed E-state index contributed by atoms with van der Waals surface area (Å²) in [5.41, 5.74) is 7.34. The quantitative estimate of drug-likeness (QED) is 0.612. The first-order valence-corrected chi connectivity index (χ1v) is 3.82. The van der Waals surface area contributed by atoms with Crippen LogP contribution in [0, 0.1) is 5.82 Å². The van der Waals surface area contributed by atoms with Gasteiger partial charge in [0.05, 0.1) is 0 Å². The SMILES string of the molecule is Nc1cc(F)ccc1C1CC1. The molecule has 1 aliphatic carbocycles. The highest BCUT2D eigenvalue weighted by Gasteiger charge is 2.25. The van der Waals surface area contributed by atoms with Gasteiger partial charge in [0.2, 0.25) is 0 Å². The van der Waals surface area contributed by atoms with Gasteiger partial charge in [-0.25, -0.2) is 4.39 Å². The van der Waals surface area contributed by atoms with E-state index in [1.54, 1.807) is 6.07 Å². The van der Waals surface area contributed by atoms with Crippen LogP contribution in [0.15, 0.2) is 18.2 Å².